The van der Waals surface area contributed by atoms with Crippen molar-refractivity contribution < 1.29 is 4.74 Å². The zero-order chi connectivity index (χ0) is 18.9. The van der Waals surface area contributed by atoms with Crippen LogP contribution >= 0.6 is 0 Å². The highest BCUT2D eigenvalue weighted by Crippen LogP contribution is 2.16. The van der Waals surface area contributed by atoms with E-state index in [9.17, 15) is 4.79 Å². The molecule has 3 aromatic rings. The maximum absolute atomic E-state index is 12.1. The summed E-state index contributed by atoms with van der Waals surface area (Å²) in [5, 5.41) is 0. The number of nitrogens with zero attached hydrogens (tertiary/aromatic N) is 1. The number of ether oxygens (including phenoxy) is 1. The average Bonchev–Trinajstić information content (AvgIpc) is 2.71. The van der Waals surface area contributed by atoms with E-state index in [0.29, 0.717) is 19.7 Å². The molecule has 0 saturated heterocycles. The van der Waals surface area contributed by atoms with Gasteiger partial charge in [0, 0.05) is 18.8 Å². The second-order valence-electron chi connectivity index (χ2n) is 6.31. The number of pyridine rings is 1. The van der Waals surface area contributed by atoms with Gasteiger partial charge in [-0.25, -0.2) is 0 Å². The van der Waals surface area contributed by atoms with E-state index in [4.69, 9.17) is 10.5 Å². The number of rotatable bonds is 8. The Kier molecular flexibility index (Phi) is 6.61. The lowest BCUT2D eigenvalue weighted by Crippen LogP contribution is -2.20. The Morgan fingerprint density at radius 2 is 1.67 bits per heavy atom. The Morgan fingerprint density at radius 1 is 0.926 bits per heavy atom. The molecule has 0 radical (unpaired) electrons. The highest BCUT2D eigenvalue weighted by molar-refractivity contribution is 5.69. The summed E-state index contributed by atoms with van der Waals surface area (Å²) in [6.07, 6.45) is 6.54. The molecule has 2 aromatic carbocycles. The van der Waals surface area contributed by atoms with Crippen molar-refractivity contribution in [2.24, 2.45) is 5.73 Å². The van der Waals surface area contributed by atoms with Crippen LogP contribution in [0.1, 0.15) is 23.1 Å². The van der Waals surface area contributed by atoms with E-state index in [0.717, 1.165) is 28.9 Å². The Morgan fingerprint density at radius 3 is 2.37 bits per heavy atom. The number of aromatic nitrogens is 1. The Balaban J connectivity index is 1.59. The van der Waals surface area contributed by atoms with Crippen molar-refractivity contribution in [3.05, 3.63) is 100.0 Å². The van der Waals surface area contributed by atoms with Crippen molar-refractivity contribution in [2.75, 3.05) is 6.54 Å². The fourth-order valence-corrected chi connectivity index (χ4v) is 2.68. The van der Waals surface area contributed by atoms with Gasteiger partial charge in [-0.1, -0.05) is 54.6 Å². The summed E-state index contributed by atoms with van der Waals surface area (Å²) in [6.45, 7) is 1.79. The van der Waals surface area contributed by atoms with E-state index in [1.165, 1.54) is 0 Å². The van der Waals surface area contributed by atoms with Crippen LogP contribution in [0.2, 0.25) is 0 Å². The molecule has 3 rings (SSSR count). The number of hydrogen-bond donors (Lipinski definition) is 1. The van der Waals surface area contributed by atoms with Gasteiger partial charge in [-0.05, 0) is 47.9 Å². The molecule has 0 amide bonds. The molecule has 0 aliphatic rings. The molecule has 0 fully saturated rings. The van der Waals surface area contributed by atoms with Crippen LogP contribution in [0.4, 0.5) is 0 Å². The SMILES string of the molecule is NCCCn1ccc(/C=C/c2ccc(OCc3ccccc3)cc2)cc1=O. The van der Waals surface area contributed by atoms with Gasteiger partial charge in [0.2, 0.25) is 0 Å². The molecule has 1 aromatic heterocycles. The monoisotopic (exact) mass is 360 g/mol. The van der Waals surface area contributed by atoms with Gasteiger partial charge >= 0.3 is 0 Å². The predicted molar refractivity (Wildman–Crippen MR) is 111 cm³/mol. The largest absolute Gasteiger partial charge is 0.489 e. The fourth-order valence-electron chi connectivity index (χ4n) is 2.68. The molecule has 138 valence electrons. The minimum atomic E-state index is -0.00439. The van der Waals surface area contributed by atoms with E-state index in [2.05, 4.69) is 0 Å². The molecule has 4 nitrogen and oxygen atoms in total. The third-order valence-electron chi connectivity index (χ3n) is 4.22. The Hall–Kier alpha value is -3.11. The summed E-state index contributed by atoms with van der Waals surface area (Å²) in [4.78, 5) is 12.1. The van der Waals surface area contributed by atoms with E-state index in [1.807, 2.05) is 79.0 Å². The second kappa shape index (κ2) is 9.55. The van der Waals surface area contributed by atoms with Gasteiger partial charge in [0.1, 0.15) is 12.4 Å². The first-order valence-electron chi connectivity index (χ1n) is 9.10. The number of nitrogens with two attached hydrogens (primary N) is 1. The van der Waals surface area contributed by atoms with Crippen LogP contribution in [0, 0.1) is 0 Å². The van der Waals surface area contributed by atoms with Gasteiger partial charge in [0.25, 0.3) is 5.56 Å². The summed E-state index contributed by atoms with van der Waals surface area (Å²) in [6, 6.07) is 21.6. The molecule has 1 heterocycles. The maximum Gasteiger partial charge on any atom is 0.251 e. The van der Waals surface area contributed by atoms with Crippen molar-refractivity contribution in [3.8, 4) is 5.75 Å². The number of aryl methyl sites for hydroxylation is 1. The third kappa shape index (κ3) is 5.69. The molecule has 0 saturated carbocycles. The van der Waals surface area contributed by atoms with E-state index >= 15 is 0 Å². The van der Waals surface area contributed by atoms with Crippen molar-refractivity contribution in [1.82, 2.24) is 4.57 Å². The van der Waals surface area contributed by atoms with Gasteiger partial charge < -0.3 is 15.0 Å². The van der Waals surface area contributed by atoms with Gasteiger partial charge in [0.05, 0.1) is 0 Å². The summed E-state index contributed by atoms with van der Waals surface area (Å²) in [5.74, 6) is 0.832. The van der Waals surface area contributed by atoms with E-state index in [1.54, 1.807) is 10.6 Å². The lowest BCUT2D eigenvalue weighted by atomic mass is 10.1. The molecule has 4 heteroatoms. The number of benzene rings is 2. The van der Waals surface area contributed by atoms with Crippen LogP contribution in [0.25, 0.3) is 12.2 Å². The molecule has 27 heavy (non-hydrogen) atoms. The Labute approximate surface area is 159 Å². The molecular formula is C23H24N2O2. The van der Waals surface area contributed by atoms with Crippen molar-refractivity contribution in [2.45, 2.75) is 19.6 Å². The summed E-state index contributed by atoms with van der Waals surface area (Å²) in [5.41, 5.74) is 8.56. The topological polar surface area (TPSA) is 57.2 Å². The van der Waals surface area contributed by atoms with Crippen LogP contribution in [-0.4, -0.2) is 11.1 Å². The summed E-state index contributed by atoms with van der Waals surface area (Å²) in [7, 11) is 0. The molecule has 0 bridgehead atoms. The molecule has 0 unspecified atom stereocenters. The molecule has 0 aliphatic carbocycles. The molecule has 0 atom stereocenters. The van der Waals surface area contributed by atoms with Crippen LogP contribution in [-0.2, 0) is 13.2 Å². The summed E-state index contributed by atoms with van der Waals surface area (Å²) < 4.78 is 7.48. The molecule has 0 spiro atoms. The first-order chi connectivity index (χ1) is 13.2. The van der Waals surface area contributed by atoms with Crippen LogP contribution < -0.4 is 16.0 Å². The zero-order valence-electron chi connectivity index (χ0n) is 15.3. The normalized spacial score (nSPS) is 11.0. The average molecular weight is 360 g/mol. The first-order valence-corrected chi connectivity index (χ1v) is 9.10. The van der Waals surface area contributed by atoms with Crippen molar-refractivity contribution >= 4 is 12.2 Å². The maximum atomic E-state index is 12.1. The van der Waals surface area contributed by atoms with Crippen molar-refractivity contribution in [3.63, 3.8) is 0 Å². The van der Waals surface area contributed by atoms with Gasteiger partial charge in [-0.15, -0.1) is 0 Å². The highest BCUT2D eigenvalue weighted by Gasteiger charge is 1.98. The van der Waals surface area contributed by atoms with Crippen LogP contribution in [0.3, 0.4) is 0 Å². The first kappa shape index (κ1) is 18.7. The zero-order valence-corrected chi connectivity index (χ0v) is 15.3. The van der Waals surface area contributed by atoms with Crippen LogP contribution in [0.15, 0.2) is 77.7 Å². The molecular weight excluding hydrogens is 336 g/mol. The predicted octanol–water partition coefficient (Wildman–Crippen LogP) is 3.95. The highest BCUT2D eigenvalue weighted by atomic mass is 16.5. The van der Waals surface area contributed by atoms with Crippen LogP contribution in [0.5, 0.6) is 5.75 Å². The standard InChI is InChI=1S/C23H24N2O2/c24-14-4-15-25-16-13-20(17-23(25)26)8-7-19-9-11-22(12-10-19)27-18-21-5-2-1-3-6-21/h1-3,5-13,16-17H,4,14-15,18,24H2/b8-7+. The number of hydrogen-bond acceptors (Lipinski definition) is 3. The minimum absolute atomic E-state index is 0.00439. The quantitative estimate of drug-likeness (QED) is 0.662. The molecule has 0 aliphatic heterocycles. The second-order valence-corrected chi connectivity index (χ2v) is 6.31. The van der Waals surface area contributed by atoms with Gasteiger partial charge in [-0.3, -0.25) is 4.79 Å². The smallest absolute Gasteiger partial charge is 0.251 e. The van der Waals surface area contributed by atoms with Gasteiger partial charge in [0.15, 0.2) is 0 Å². The van der Waals surface area contributed by atoms with E-state index < -0.39 is 0 Å². The molecule has 2 N–H and O–H groups in total. The summed E-state index contributed by atoms with van der Waals surface area (Å²) >= 11 is 0. The van der Waals surface area contributed by atoms with Gasteiger partial charge in [-0.2, -0.15) is 0 Å². The third-order valence-corrected chi connectivity index (χ3v) is 4.22. The lowest BCUT2D eigenvalue weighted by Gasteiger charge is -2.06. The van der Waals surface area contributed by atoms with Crippen molar-refractivity contribution in [1.29, 1.82) is 0 Å². The lowest BCUT2D eigenvalue weighted by molar-refractivity contribution is 0.306. The fraction of sp³-hybridized carbons (Fsp3) is 0.174. The van der Waals surface area contributed by atoms with E-state index in [-0.39, 0.29) is 5.56 Å². The Bertz CT molecular complexity index is 929. The minimum Gasteiger partial charge on any atom is -0.489 e.